The van der Waals surface area contributed by atoms with Gasteiger partial charge in [0.2, 0.25) is 5.91 Å². The molecule has 1 amide bonds. The maximum Gasteiger partial charge on any atom is 0.278 e. The molecule has 0 radical (unpaired) electrons. The van der Waals surface area contributed by atoms with Gasteiger partial charge < -0.3 is 5.32 Å². The van der Waals surface area contributed by atoms with Crippen LogP contribution in [0.1, 0.15) is 0 Å². The van der Waals surface area contributed by atoms with Crippen LogP contribution in [0.2, 0.25) is 0 Å². The second-order valence-electron chi connectivity index (χ2n) is 4.63. The first-order valence-corrected chi connectivity index (χ1v) is 6.51. The van der Waals surface area contributed by atoms with Crippen LogP contribution in [0, 0.1) is 5.82 Å². The van der Waals surface area contributed by atoms with Crippen LogP contribution in [0.4, 0.5) is 10.1 Å². The highest BCUT2D eigenvalue weighted by Crippen LogP contribution is 2.09. The first-order chi connectivity index (χ1) is 10.6. The zero-order chi connectivity index (χ0) is 15.5. The second kappa shape index (κ2) is 5.72. The number of amides is 1. The molecule has 0 bridgehead atoms. The van der Waals surface area contributed by atoms with Crippen LogP contribution in [0.15, 0.2) is 53.3 Å². The number of nitrogens with zero attached hydrogens (tertiary/aromatic N) is 3. The highest BCUT2D eigenvalue weighted by molar-refractivity contribution is 5.90. The Labute approximate surface area is 124 Å². The van der Waals surface area contributed by atoms with Crippen molar-refractivity contribution in [1.82, 2.24) is 15.0 Å². The Morgan fingerprint density at radius 3 is 2.82 bits per heavy atom. The molecule has 0 atom stereocenters. The van der Waals surface area contributed by atoms with Crippen molar-refractivity contribution < 1.29 is 9.18 Å². The number of nitrogens with one attached hydrogen (secondary N) is 1. The zero-order valence-corrected chi connectivity index (χ0v) is 11.4. The van der Waals surface area contributed by atoms with E-state index >= 15 is 0 Å². The molecule has 7 heteroatoms. The fourth-order valence-electron chi connectivity index (χ4n) is 2.03. The average Bonchev–Trinajstić information content (AvgIpc) is 2.50. The summed E-state index contributed by atoms with van der Waals surface area (Å²) in [6, 6.07) is 12.2. The van der Waals surface area contributed by atoms with E-state index in [2.05, 4.69) is 15.6 Å². The molecular formula is C15H11FN4O2. The summed E-state index contributed by atoms with van der Waals surface area (Å²) in [4.78, 5) is 24.1. The molecule has 1 heterocycles. The summed E-state index contributed by atoms with van der Waals surface area (Å²) in [6.07, 6.45) is 0. The lowest BCUT2D eigenvalue weighted by atomic mass is 10.2. The van der Waals surface area contributed by atoms with E-state index in [0.29, 0.717) is 16.6 Å². The second-order valence-corrected chi connectivity index (χ2v) is 4.63. The number of carbonyl (C=O) groups is 1. The van der Waals surface area contributed by atoms with E-state index in [1.165, 1.54) is 18.2 Å². The SMILES string of the molecule is O=C(Cn1nnc2ccccc2c1=O)Nc1cccc(F)c1. The van der Waals surface area contributed by atoms with Gasteiger partial charge in [-0.05, 0) is 30.3 Å². The summed E-state index contributed by atoms with van der Waals surface area (Å²) < 4.78 is 14.0. The number of benzene rings is 2. The fourth-order valence-corrected chi connectivity index (χ4v) is 2.03. The summed E-state index contributed by atoms with van der Waals surface area (Å²) in [6.45, 7) is -0.298. The van der Waals surface area contributed by atoms with Crippen LogP contribution in [0.25, 0.3) is 10.9 Å². The zero-order valence-electron chi connectivity index (χ0n) is 11.4. The van der Waals surface area contributed by atoms with E-state index in [1.54, 1.807) is 30.3 Å². The Morgan fingerprint density at radius 2 is 2.00 bits per heavy atom. The molecule has 1 N–H and O–H groups in total. The predicted molar refractivity (Wildman–Crippen MR) is 78.8 cm³/mol. The number of aromatic nitrogens is 3. The van der Waals surface area contributed by atoms with E-state index in [9.17, 15) is 14.0 Å². The normalized spacial score (nSPS) is 10.6. The minimum absolute atomic E-state index is 0.298. The van der Waals surface area contributed by atoms with Crippen LogP contribution in [0.3, 0.4) is 0 Å². The van der Waals surface area contributed by atoms with Gasteiger partial charge in [-0.1, -0.05) is 23.4 Å². The van der Waals surface area contributed by atoms with Crippen LogP contribution in [-0.4, -0.2) is 20.9 Å². The summed E-state index contributed by atoms with van der Waals surface area (Å²) >= 11 is 0. The number of hydrogen-bond acceptors (Lipinski definition) is 4. The molecule has 0 saturated heterocycles. The highest BCUT2D eigenvalue weighted by atomic mass is 19.1. The van der Waals surface area contributed by atoms with Crippen LogP contribution in [-0.2, 0) is 11.3 Å². The van der Waals surface area contributed by atoms with E-state index in [-0.39, 0.29) is 6.54 Å². The Kier molecular flexibility index (Phi) is 3.61. The van der Waals surface area contributed by atoms with Crippen molar-refractivity contribution in [3.63, 3.8) is 0 Å². The molecule has 110 valence electrons. The van der Waals surface area contributed by atoms with Crippen molar-refractivity contribution in [2.24, 2.45) is 0 Å². The molecule has 2 aromatic carbocycles. The molecule has 0 aliphatic heterocycles. The van der Waals surface area contributed by atoms with Crippen molar-refractivity contribution in [1.29, 1.82) is 0 Å². The van der Waals surface area contributed by atoms with Crippen molar-refractivity contribution in [3.05, 3.63) is 64.7 Å². The van der Waals surface area contributed by atoms with Gasteiger partial charge in [-0.2, -0.15) is 0 Å². The van der Waals surface area contributed by atoms with E-state index in [4.69, 9.17) is 0 Å². The largest absolute Gasteiger partial charge is 0.324 e. The Hall–Kier alpha value is -3.09. The smallest absolute Gasteiger partial charge is 0.278 e. The Bertz CT molecular complexity index is 907. The van der Waals surface area contributed by atoms with Gasteiger partial charge >= 0.3 is 0 Å². The molecule has 0 saturated carbocycles. The number of hydrogen-bond donors (Lipinski definition) is 1. The third-order valence-corrected chi connectivity index (χ3v) is 3.03. The van der Waals surface area contributed by atoms with Crippen LogP contribution < -0.4 is 10.9 Å². The number of anilines is 1. The Balaban J connectivity index is 1.82. The molecular weight excluding hydrogens is 287 g/mol. The van der Waals surface area contributed by atoms with Crippen LogP contribution >= 0.6 is 0 Å². The quantitative estimate of drug-likeness (QED) is 0.796. The number of rotatable bonds is 3. The van der Waals surface area contributed by atoms with Gasteiger partial charge in [-0.3, -0.25) is 9.59 Å². The van der Waals surface area contributed by atoms with Gasteiger partial charge in [0.15, 0.2) is 0 Å². The lowest BCUT2D eigenvalue weighted by Gasteiger charge is -2.06. The standard InChI is InChI=1S/C15H11FN4O2/c16-10-4-3-5-11(8-10)17-14(21)9-20-15(22)12-6-1-2-7-13(12)18-19-20/h1-8H,9H2,(H,17,21). The molecule has 0 unspecified atom stereocenters. The van der Waals surface area contributed by atoms with Crippen molar-refractivity contribution in [3.8, 4) is 0 Å². The third kappa shape index (κ3) is 2.83. The van der Waals surface area contributed by atoms with Crippen LogP contribution in [0.5, 0.6) is 0 Å². The van der Waals surface area contributed by atoms with E-state index in [1.807, 2.05) is 0 Å². The molecule has 22 heavy (non-hydrogen) atoms. The lowest BCUT2D eigenvalue weighted by Crippen LogP contribution is -2.30. The van der Waals surface area contributed by atoms with Gasteiger partial charge in [0.25, 0.3) is 5.56 Å². The molecule has 0 fully saturated rings. The maximum atomic E-state index is 13.1. The highest BCUT2D eigenvalue weighted by Gasteiger charge is 2.09. The first-order valence-electron chi connectivity index (χ1n) is 6.51. The minimum Gasteiger partial charge on any atom is -0.324 e. The summed E-state index contributed by atoms with van der Waals surface area (Å²) in [7, 11) is 0. The van der Waals surface area contributed by atoms with E-state index in [0.717, 1.165) is 4.68 Å². The molecule has 0 aliphatic rings. The average molecular weight is 298 g/mol. The van der Waals surface area contributed by atoms with Crippen molar-refractivity contribution >= 4 is 22.5 Å². The number of halogens is 1. The number of fused-ring (bicyclic) bond motifs is 1. The Morgan fingerprint density at radius 1 is 1.18 bits per heavy atom. The van der Waals surface area contributed by atoms with Gasteiger partial charge in [-0.25, -0.2) is 9.07 Å². The topological polar surface area (TPSA) is 76.9 Å². The summed E-state index contributed by atoms with van der Waals surface area (Å²) in [5.41, 5.74) is 0.376. The lowest BCUT2D eigenvalue weighted by molar-refractivity contribution is -0.117. The molecule has 3 rings (SSSR count). The van der Waals surface area contributed by atoms with Gasteiger partial charge in [0.1, 0.15) is 17.9 Å². The summed E-state index contributed by atoms with van der Waals surface area (Å²) in [5.74, 6) is -0.947. The molecule has 6 nitrogen and oxygen atoms in total. The van der Waals surface area contributed by atoms with E-state index < -0.39 is 17.3 Å². The monoisotopic (exact) mass is 298 g/mol. The van der Waals surface area contributed by atoms with Gasteiger partial charge in [0, 0.05) is 5.69 Å². The van der Waals surface area contributed by atoms with Crippen molar-refractivity contribution in [2.75, 3.05) is 5.32 Å². The van der Waals surface area contributed by atoms with Gasteiger partial charge in [-0.15, -0.1) is 5.10 Å². The first kappa shape index (κ1) is 13.9. The fraction of sp³-hybridized carbons (Fsp3) is 0.0667. The third-order valence-electron chi connectivity index (χ3n) is 3.03. The molecule has 1 aromatic heterocycles. The maximum absolute atomic E-state index is 13.1. The molecule has 3 aromatic rings. The summed E-state index contributed by atoms with van der Waals surface area (Å²) in [5, 5.41) is 10.5. The predicted octanol–water partition coefficient (Wildman–Crippen LogP) is 1.57. The molecule has 0 aliphatic carbocycles. The molecule has 0 spiro atoms. The van der Waals surface area contributed by atoms with Crippen molar-refractivity contribution in [2.45, 2.75) is 6.54 Å². The number of carbonyl (C=O) groups excluding carboxylic acids is 1. The van der Waals surface area contributed by atoms with Gasteiger partial charge in [0.05, 0.1) is 5.39 Å². The minimum atomic E-state index is -0.489.